The molecular weight excluding hydrogens is 222 g/mol. The fourth-order valence-electron chi connectivity index (χ4n) is 1.76. The van der Waals surface area contributed by atoms with Gasteiger partial charge in [-0.15, -0.1) is 0 Å². The Morgan fingerprint density at radius 3 is 3.06 bits per heavy atom. The summed E-state index contributed by atoms with van der Waals surface area (Å²) < 4.78 is 0. The quantitative estimate of drug-likeness (QED) is 0.801. The van der Waals surface area contributed by atoms with Crippen molar-refractivity contribution in [3.05, 3.63) is 30.1 Å². The van der Waals surface area contributed by atoms with Gasteiger partial charge in [0.25, 0.3) is 0 Å². The topological polar surface area (TPSA) is 82.5 Å². The van der Waals surface area contributed by atoms with Gasteiger partial charge in [0.15, 0.2) is 0 Å². The van der Waals surface area contributed by atoms with Crippen molar-refractivity contribution in [2.75, 3.05) is 13.1 Å². The average Bonchev–Trinajstić information content (AvgIpc) is 2.69. The number of urea groups is 1. The number of hydrogen-bond acceptors (Lipinski definition) is 3. The van der Waals surface area contributed by atoms with Crippen molar-refractivity contribution in [1.82, 2.24) is 15.2 Å². The Kier molecular flexibility index (Phi) is 3.22. The van der Waals surface area contributed by atoms with Crippen LogP contribution in [0.1, 0.15) is 18.2 Å². The van der Waals surface area contributed by atoms with E-state index in [2.05, 4.69) is 10.3 Å². The van der Waals surface area contributed by atoms with Crippen LogP contribution in [0.15, 0.2) is 24.4 Å². The Balaban J connectivity index is 1.97. The van der Waals surface area contributed by atoms with Crippen LogP contribution in [-0.2, 0) is 4.79 Å². The minimum atomic E-state index is -0.904. The zero-order chi connectivity index (χ0) is 12.3. The molecule has 1 aliphatic rings. The van der Waals surface area contributed by atoms with Gasteiger partial charge in [-0.3, -0.25) is 9.78 Å². The highest BCUT2D eigenvalue weighted by Gasteiger charge is 2.30. The molecule has 1 aliphatic heterocycles. The van der Waals surface area contributed by atoms with Gasteiger partial charge < -0.3 is 15.3 Å². The molecule has 17 heavy (non-hydrogen) atoms. The van der Waals surface area contributed by atoms with Crippen LogP contribution in [0.3, 0.4) is 0 Å². The smallest absolute Gasteiger partial charge is 0.318 e. The molecule has 90 valence electrons. The van der Waals surface area contributed by atoms with E-state index in [1.54, 1.807) is 6.20 Å². The number of pyridine rings is 1. The molecule has 2 heterocycles. The minimum Gasteiger partial charge on any atom is -0.481 e. The number of aromatic nitrogens is 1. The molecule has 0 aromatic carbocycles. The van der Waals surface area contributed by atoms with E-state index in [0.29, 0.717) is 6.54 Å². The number of hydrogen-bond donors (Lipinski definition) is 2. The molecule has 1 atom stereocenters. The standard InChI is InChI=1S/C11H13N3O3/c15-10(16)4-6-14-7-9(13-11(14)17)8-3-1-2-5-12-8/h1-3,5,9H,4,6-7H2,(H,13,17)(H,15,16). The molecule has 2 N–H and O–H groups in total. The Labute approximate surface area is 98.3 Å². The largest absolute Gasteiger partial charge is 0.481 e. The van der Waals surface area contributed by atoms with Crippen molar-refractivity contribution < 1.29 is 14.7 Å². The van der Waals surface area contributed by atoms with Crippen LogP contribution in [0.25, 0.3) is 0 Å². The van der Waals surface area contributed by atoms with Gasteiger partial charge in [0.2, 0.25) is 0 Å². The minimum absolute atomic E-state index is 0.0393. The number of nitrogens with one attached hydrogen (secondary N) is 1. The summed E-state index contributed by atoms with van der Waals surface area (Å²) in [5.74, 6) is -0.904. The van der Waals surface area contributed by atoms with Crippen LogP contribution >= 0.6 is 0 Å². The summed E-state index contributed by atoms with van der Waals surface area (Å²) in [5, 5.41) is 11.3. The zero-order valence-electron chi connectivity index (χ0n) is 9.17. The van der Waals surface area contributed by atoms with E-state index in [1.807, 2.05) is 18.2 Å². The number of amides is 2. The molecule has 1 aromatic heterocycles. The second kappa shape index (κ2) is 4.82. The predicted octanol–water partition coefficient (Wildman–Crippen LogP) is 0.623. The van der Waals surface area contributed by atoms with E-state index in [1.165, 1.54) is 4.90 Å². The van der Waals surface area contributed by atoms with Crippen LogP contribution in [-0.4, -0.2) is 40.1 Å². The highest BCUT2D eigenvalue weighted by atomic mass is 16.4. The first-order valence-electron chi connectivity index (χ1n) is 5.35. The Bertz CT molecular complexity index is 421. The first-order valence-corrected chi connectivity index (χ1v) is 5.35. The second-order valence-electron chi connectivity index (χ2n) is 3.85. The van der Waals surface area contributed by atoms with E-state index in [9.17, 15) is 9.59 Å². The van der Waals surface area contributed by atoms with Gasteiger partial charge in [0, 0.05) is 19.3 Å². The lowest BCUT2D eigenvalue weighted by atomic mass is 10.2. The highest BCUT2D eigenvalue weighted by Crippen LogP contribution is 2.17. The summed E-state index contributed by atoms with van der Waals surface area (Å²) in [6.45, 7) is 0.688. The lowest BCUT2D eigenvalue weighted by Crippen LogP contribution is -2.30. The summed E-state index contributed by atoms with van der Waals surface area (Å²) in [4.78, 5) is 27.7. The van der Waals surface area contributed by atoms with Crippen LogP contribution < -0.4 is 5.32 Å². The third-order valence-corrected chi connectivity index (χ3v) is 2.63. The third kappa shape index (κ3) is 2.72. The van der Waals surface area contributed by atoms with Gasteiger partial charge in [0.05, 0.1) is 18.2 Å². The summed E-state index contributed by atoms with van der Waals surface area (Å²) in [6, 6.07) is 5.11. The maximum atomic E-state index is 11.6. The van der Waals surface area contributed by atoms with E-state index in [-0.39, 0.29) is 25.0 Å². The van der Waals surface area contributed by atoms with E-state index in [4.69, 9.17) is 5.11 Å². The molecule has 1 saturated heterocycles. The van der Waals surface area contributed by atoms with Gasteiger partial charge >= 0.3 is 12.0 Å². The number of carboxylic acids is 1. The average molecular weight is 235 g/mol. The first-order chi connectivity index (χ1) is 8.16. The molecule has 6 heteroatoms. The lowest BCUT2D eigenvalue weighted by molar-refractivity contribution is -0.137. The molecule has 2 amide bonds. The number of nitrogens with zero attached hydrogens (tertiary/aromatic N) is 2. The molecule has 2 rings (SSSR count). The van der Waals surface area contributed by atoms with E-state index in [0.717, 1.165) is 5.69 Å². The molecule has 1 fully saturated rings. The molecular formula is C11H13N3O3. The maximum absolute atomic E-state index is 11.6. The molecule has 0 spiro atoms. The summed E-state index contributed by atoms with van der Waals surface area (Å²) in [6.07, 6.45) is 1.63. The molecule has 6 nitrogen and oxygen atoms in total. The monoisotopic (exact) mass is 235 g/mol. The summed E-state index contributed by atoms with van der Waals surface area (Å²) in [7, 11) is 0. The summed E-state index contributed by atoms with van der Waals surface area (Å²) in [5.41, 5.74) is 0.790. The van der Waals surface area contributed by atoms with Crippen LogP contribution in [0, 0.1) is 0 Å². The van der Waals surface area contributed by atoms with Gasteiger partial charge in [-0.25, -0.2) is 4.79 Å². The van der Waals surface area contributed by atoms with Crippen molar-refractivity contribution in [3.8, 4) is 0 Å². The van der Waals surface area contributed by atoms with Gasteiger partial charge in [0.1, 0.15) is 0 Å². The fraction of sp³-hybridized carbons (Fsp3) is 0.364. The van der Waals surface area contributed by atoms with Crippen molar-refractivity contribution in [2.45, 2.75) is 12.5 Å². The number of carbonyl (C=O) groups is 2. The number of carboxylic acid groups (broad SMARTS) is 1. The number of aliphatic carboxylic acids is 1. The Morgan fingerprint density at radius 1 is 1.59 bits per heavy atom. The fourth-order valence-corrected chi connectivity index (χ4v) is 1.76. The Morgan fingerprint density at radius 2 is 2.41 bits per heavy atom. The normalized spacial score (nSPS) is 19.2. The van der Waals surface area contributed by atoms with Gasteiger partial charge in [-0.1, -0.05) is 6.07 Å². The second-order valence-corrected chi connectivity index (χ2v) is 3.85. The van der Waals surface area contributed by atoms with Crippen LogP contribution in [0.4, 0.5) is 4.79 Å². The first kappa shape index (κ1) is 11.4. The van der Waals surface area contributed by atoms with Crippen molar-refractivity contribution in [3.63, 3.8) is 0 Å². The van der Waals surface area contributed by atoms with Crippen LogP contribution in [0.5, 0.6) is 0 Å². The number of rotatable bonds is 4. The SMILES string of the molecule is O=C(O)CCN1CC(c2ccccn2)NC1=O. The van der Waals surface area contributed by atoms with Crippen molar-refractivity contribution in [1.29, 1.82) is 0 Å². The molecule has 0 radical (unpaired) electrons. The molecule has 0 bridgehead atoms. The van der Waals surface area contributed by atoms with Gasteiger partial charge in [-0.05, 0) is 12.1 Å². The summed E-state index contributed by atoms with van der Waals surface area (Å²) >= 11 is 0. The predicted molar refractivity (Wildman–Crippen MR) is 59.3 cm³/mol. The molecule has 0 saturated carbocycles. The molecule has 0 aliphatic carbocycles. The van der Waals surface area contributed by atoms with Crippen molar-refractivity contribution >= 4 is 12.0 Å². The van der Waals surface area contributed by atoms with E-state index >= 15 is 0 Å². The van der Waals surface area contributed by atoms with E-state index < -0.39 is 5.97 Å². The Hall–Kier alpha value is -2.11. The zero-order valence-corrected chi connectivity index (χ0v) is 9.17. The van der Waals surface area contributed by atoms with Gasteiger partial charge in [-0.2, -0.15) is 0 Å². The number of carbonyl (C=O) groups excluding carboxylic acids is 1. The van der Waals surface area contributed by atoms with Crippen LogP contribution in [0.2, 0.25) is 0 Å². The third-order valence-electron chi connectivity index (χ3n) is 2.63. The lowest BCUT2D eigenvalue weighted by Gasteiger charge is -2.12. The highest BCUT2D eigenvalue weighted by molar-refractivity contribution is 5.78. The maximum Gasteiger partial charge on any atom is 0.318 e. The molecule has 1 aromatic rings. The van der Waals surface area contributed by atoms with Crippen molar-refractivity contribution in [2.24, 2.45) is 0 Å². The molecule has 1 unspecified atom stereocenters.